The van der Waals surface area contributed by atoms with E-state index >= 15 is 0 Å². The van der Waals surface area contributed by atoms with Crippen molar-refractivity contribution >= 4 is 15.7 Å². The SMILES string of the molecule is CC(C)Cc1ccc2c(c1)NS(=O)(=O)CO2. The van der Waals surface area contributed by atoms with Gasteiger partial charge in [0.15, 0.2) is 0 Å². The predicted molar refractivity (Wildman–Crippen MR) is 63.0 cm³/mol. The van der Waals surface area contributed by atoms with E-state index in [4.69, 9.17) is 4.74 Å². The van der Waals surface area contributed by atoms with Crippen molar-refractivity contribution < 1.29 is 13.2 Å². The van der Waals surface area contributed by atoms with Gasteiger partial charge in [0.05, 0.1) is 5.69 Å². The van der Waals surface area contributed by atoms with Gasteiger partial charge in [0, 0.05) is 0 Å². The van der Waals surface area contributed by atoms with E-state index in [1.807, 2.05) is 18.2 Å². The van der Waals surface area contributed by atoms with Gasteiger partial charge in [-0.3, -0.25) is 4.72 Å². The van der Waals surface area contributed by atoms with E-state index < -0.39 is 10.0 Å². The number of rotatable bonds is 2. The lowest BCUT2D eigenvalue weighted by molar-refractivity contribution is 0.374. The van der Waals surface area contributed by atoms with E-state index in [2.05, 4.69) is 18.6 Å². The van der Waals surface area contributed by atoms with Gasteiger partial charge in [-0.1, -0.05) is 19.9 Å². The Morgan fingerprint density at radius 3 is 2.88 bits per heavy atom. The Morgan fingerprint density at radius 2 is 2.19 bits per heavy atom. The fourth-order valence-electron chi connectivity index (χ4n) is 1.72. The number of ether oxygens (including phenoxy) is 1. The lowest BCUT2D eigenvalue weighted by Gasteiger charge is -2.20. The fourth-order valence-corrected chi connectivity index (χ4v) is 2.55. The standard InChI is InChI=1S/C11H15NO3S/c1-8(2)5-9-3-4-11-10(6-9)12-16(13,14)7-15-11/h3-4,6,8,12H,5,7H2,1-2H3. The van der Waals surface area contributed by atoms with Gasteiger partial charge in [0.25, 0.3) is 10.0 Å². The number of sulfonamides is 1. The van der Waals surface area contributed by atoms with Crippen molar-refractivity contribution in [1.82, 2.24) is 0 Å². The quantitative estimate of drug-likeness (QED) is 0.861. The van der Waals surface area contributed by atoms with Gasteiger partial charge in [-0.25, -0.2) is 8.42 Å². The summed E-state index contributed by atoms with van der Waals surface area (Å²) in [5.74, 6) is 0.838. The predicted octanol–water partition coefficient (Wildman–Crippen LogP) is 1.98. The molecule has 5 heteroatoms. The van der Waals surface area contributed by atoms with Crippen LogP contribution < -0.4 is 9.46 Å². The molecule has 0 aromatic heterocycles. The van der Waals surface area contributed by atoms with Crippen LogP contribution in [-0.4, -0.2) is 14.4 Å². The molecule has 0 unspecified atom stereocenters. The first kappa shape index (κ1) is 11.3. The Labute approximate surface area is 95.7 Å². The van der Waals surface area contributed by atoms with Crippen molar-refractivity contribution in [2.45, 2.75) is 20.3 Å². The Bertz CT molecular complexity index is 494. The zero-order valence-electron chi connectivity index (χ0n) is 9.36. The first-order valence-electron chi connectivity index (χ1n) is 5.22. The van der Waals surface area contributed by atoms with Crippen molar-refractivity contribution in [2.75, 3.05) is 10.7 Å². The molecule has 88 valence electrons. The van der Waals surface area contributed by atoms with Gasteiger partial charge in [-0.2, -0.15) is 0 Å². The van der Waals surface area contributed by atoms with Gasteiger partial charge in [0.1, 0.15) is 5.75 Å². The van der Waals surface area contributed by atoms with Gasteiger partial charge in [0.2, 0.25) is 5.94 Å². The molecule has 1 aromatic carbocycles. The van der Waals surface area contributed by atoms with Crippen LogP contribution >= 0.6 is 0 Å². The normalized spacial score (nSPS) is 17.4. The number of nitrogens with one attached hydrogen (secondary N) is 1. The molecule has 1 N–H and O–H groups in total. The molecule has 0 saturated heterocycles. The summed E-state index contributed by atoms with van der Waals surface area (Å²) < 4.78 is 30.3. The molecule has 0 atom stereocenters. The van der Waals surface area contributed by atoms with Gasteiger partial charge in [-0.05, 0) is 30.0 Å². The van der Waals surface area contributed by atoms with Crippen LogP contribution in [0.25, 0.3) is 0 Å². The van der Waals surface area contributed by atoms with Crippen molar-refractivity contribution in [2.24, 2.45) is 5.92 Å². The average molecular weight is 241 g/mol. The summed E-state index contributed by atoms with van der Waals surface area (Å²) in [6.45, 7) is 4.25. The van der Waals surface area contributed by atoms with Crippen LogP contribution in [0.5, 0.6) is 5.75 Å². The van der Waals surface area contributed by atoms with Crippen LogP contribution in [0.2, 0.25) is 0 Å². The summed E-state index contributed by atoms with van der Waals surface area (Å²) in [5, 5.41) is 0. The third kappa shape index (κ3) is 2.47. The summed E-state index contributed by atoms with van der Waals surface area (Å²) >= 11 is 0. The van der Waals surface area contributed by atoms with Crippen LogP contribution in [0.4, 0.5) is 5.69 Å². The molecule has 1 aromatic rings. The maximum Gasteiger partial charge on any atom is 0.268 e. The zero-order chi connectivity index (χ0) is 11.8. The first-order valence-corrected chi connectivity index (χ1v) is 6.88. The van der Waals surface area contributed by atoms with Crippen molar-refractivity contribution in [1.29, 1.82) is 0 Å². The number of fused-ring (bicyclic) bond motifs is 1. The van der Waals surface area contributed by atoms with Crippen LogP contribution in [-0.2, 0) is 16.4 Å². The minimum atomic E-state index is -3.31. The highest BCUT2D eigenvalue weighted by atomic mass is 32.2. The Morgan fingerprint density at radius 1 is 1.44 bits per heavy atom. The van der Waals surface area contributed by atoms with E-state index in [0.717, 1.165) is 12.0 Å². The van der Waals surface area contributed by atoms with Gasteiger partial charge >= 0.3 is 0 Å². The molecule has 1 aliphatic rings. The number of hydrogen-bond acceptors (Lipinski definition) is 3. The summed E-state index contributed by atoms with van der Waals surface area (Å²) in [6, 6.07) is 5.62. The molecule has 16 heavy (non-hydrogen) atoms. The molecule has 4 nitrogen and oxygen atoms in total. The molecular formula is C11H15NO3S. The van der Waals surface area contributed by atoms with Crippen LogP contribution in [0, 0.1) is 5.92 Å². The fraction of sp³-hybridized carbons (Fsp3) is 0.455. The second kappa shape index (κ2) is 3.97. The molecule has 0 fully saturated rings. The first-order chi connectivity index (χ1) is 7.46. The molecule has 1 heterocycles. The molecule has 0 aliphatic carbocycles. The smallest absolute Gasteiger partial charge is 0.268 e. The number of anilines is 1. The Balaban J connectivity index is 2.31. The lowest BCUT2D eigenvalue weighted by Crippen LogP contribution is -2.25. The maximum atomic E-state index is 11.3. The van der Waals surface area contributed by atoms with Gasteiger partial charge in [-0.15, -0.1) is 0 Å². The molecule has 1 aliphatic heterocycles. The molecule has 0 radical (unpaired) electrons. The summed E-state index contributed by atoms with van der Waals surface area (Å²) in [4.78, 5) is 0. The van der Waals surface area contributed by atoms with Crippen molar-refractivity contribution in [3.63, 3.8) is 0 Å². The van der Waals surface area contributed by atoms with Gasteiger partial charge < -0.3 is 4.74 Å². The van der Waals surface area contributed by atoms with E-state index in [0.29, 0.717) is 17.4 Å². The highest BCUT2D eigenvalue weighted by molar-refractivity contribution is 7.92. The monoisotopic (exact) mass is 241 g/mol. The van der Waals surface area contributed by atoms with Crippen LogP contribution in [0.15, 0.2) is 18.2 Å². The number of benzene rings is 1. The summed E-state index contributed by atoms with van der Waals surface area (Å²) in [6.07, 6.45) is 0.926. The van der Waals surface area contributed by atoms with E-state index in [-0.39, 0.29) is 5.94 Å². The highest BCUT2D eigenvalue weighted by Gasteiger charge is 2.21. The Kier molecular flexibility index (Phi) is 2.80. The van der Waals surface area contributed by atoms with Crippen molar-refractivity contribution in [3.8, 4) is 5.75 Å². The highest BCUT2D eigenvalue weighted by Crippen LogP contribution is 2.30. The minimum Gasteiger partial charge on any atom is -0.474 e. The van der Waals surface area contributed by atoms with E-state index in [1.165, 1.54) is 0 Å². The molecule has 0 saturated carbocycles. The maximum absolute atomic E-state index is 11.3. The molecule has 0 bridgehead atoms. The van der Waals surface area contributed by atoms with Crippen molar-refractivity contribution in [3.05, 3.63) is 23.8 Å². The largest absolute Gasteiger partial charge is 0.474 e. The topological polar surface area (TPSA) is 55.4 Å². The Hall–Kier alpha value is -1.23. The third-order valence-electron chi connectivity index (χ3n) is 2.32. The summed E-state index contributed by atoms with van der Waals surface area (Å²) in [7, 11) is -3.31. The number of hydrogen-bond donors (Lipinski definition) is 1. The zero-order valence-corrected chi connectivity index (χ0v) is 10.2. The average Bonchev–Trinajstić information content (AvgIpc) is 2.14. The molecular weight excluding hydrogens is 226 g/mol. The van der Waals surface area contributed by atoms with E-state index in [9.17, 15) is 8.42 Å². The molecule has 2 rings (SSSR count). The minimum absolute atomic E-state index is 0.302. The molecule has 0 spiro atoms. The van der Waals surface area contributed by atoms with E-state index in [1.54, 1.807) is 0 Å². The summed E-state index contributed by atoms with van der Waals surface area (Å²) in [5.41, 5.74) is 1.66. The molecule has 0 amide bonds. The van der Waals surface area contributed by atoms with Crippen LogP contribution in [0.1, 0.15) is 19.4 Å². The lowest BCUT2D eigenvalue weighted by atomic mass is 10.0. The second-order valence-electron chi connectivity index (χ2n) is 4.41. The van der Waals surface area contributed by atoms with Crippen LogP contribution in [0.3, 0.4) is 0 Å². The third-order valence-corrected chi connectivity index (χ3v) is 3.28. The second-order valence-corrected chi connectivity index (χ2v) is 6.08.